The van der Waals surface area contributed by atoms with Crippen LogP contribution in [-0.2, 0) is 9.59 Å². The Morgan fingerprint density at radius 1 is 1.12 bits per heavy atom. The molecule has 0 saturated heterocycles. The molecule has 4 heterocycles. The summed E-state index contributed by atoms with van der Waals surface area (Å²) in [5, 5.41) is 9.54. The zero-order valence-corrected chi connectivity index (χ0v) is 18.5. The minimum Gasteiger partial charge on any atom is -0.434 e. The SMILES string of the molecule is CCN1C(=O)C(C#N)=C(C)/C(=C/c2cc3oc(-c4cccnc4)nc3n2-c2ccccc2)C1=O. The van der Waals surface area contributed by atoms with Crippen LogP contribution in [0.3, 0.4) is 0 Å². The molecule has 0 fully saturated rings. The van der Waals surface area contributed by atoms with Gasteiger partial charge < -0.3 is 4.42 Å². The largest absolute Gasteiger partial charge is 0.434 e. The maximum Gasteiger partial charge on any atom is 0.271 e. The van der Waals surface area contributed by atoms with E-state index in [1.54, 1.807) is 38.4 Å². The van der Waals surface area contributed by atoms with Gasteiger partial charge in [-0.15, -0.1) is 0 Å². The van der Waals surface area contributed by atoms with Crippen LogP contribution in [0, 0.1) is 11.3 Å². The molecule has 2 amide bonds. The van der Waals surface area contributed by atoms with E-state index < -0.39 is 11.8 Å². The highest BCUT2D eigenvalue weighted by atomic mass is 16.3. The van der Waals surface area contributed by atoms with Crippen LogP contribution in [0.2, 0.25) is 0 Å². The van der Waals surface area contributed by atoms with Gasteiger partial charge in [-0.3, -0.25) is 24.0 Å². The van der Waals surface area contributed by atoms with E-state index in [0.29, 0.717) is 28.4 Å². The normalized spacial score (nSPS) is 15.4. The second-order valence-corrected chi connectivity index (χ2v) is 7.71. The Labute approximate surface area is 195 Å². The zero-order valence-electron chi connectivity index (χ0n) is 18.5. The number of carbonyl (C=O) groups excluding carboxylic acids is 2. The number of likely N-dealkylation sites (N-methyl/N-ethyl adjacent to an activating group) is 1. The Balaban J connectivity index is 1.74. The summed E-state index contributed by atoms with van der Waals surface area (Å²) in [6.07, 6.45) is 5.03. The number of rotatable bonds is 4. The Hall–Kier alpha value is -4.77. The Bertz CT molecular complexity index is 1540. The summed E-state index contributed by atoms with van der Waals surface area (Å²) in [7, 11) is 0. The van der Waals surface area contributed by atoms with Gasteiger partial charge in [-0.05, 0) is 49.8 Å². The van der Waals surface area contributed by atoms with Crippen LogP contribution in [0.4, 0.5) is 0 Å². The molecule has 166 valence electrons. The highest BCUT2D eigenvalue weighted by Gasteiger charge is 2.34. The molecule has 0 radical (unpaired) electrons. The molecule has 0 aliphatic carbocycles. The quantitative estimate of drug-likeness (QED) is 0.340. The van der Waals surface area contributed by atoms with E-state index in [2.05, 4.69) is 4.98 Å². The van der Waals surface area contributed by atoms with Gasteiger partial charge >= 0.3 is 0 Å². The average molecular weight is 449 g/mol. The summed E-state index contributed by atoms with van der Waals surface area (Å²) in [5.74, 6) is -0.577. The second-order valence-electron chi connectivity index (χ2n) is 7.71. The lowest BCUT2D eigenvalue weighted by Gasteiger charge is -2.26. The van der Waals surface area contributed by atoms with Gasteiger partial charge in [0.25, 0.3) is 11.8 Å². The molecule has 1 aliphatic rings. The van der Waals surface area contributed by atoms with Gasteiger partial charge in [-0.25, -0.2) is 0 Å². The fourth-order valence-corrected chi connectivity index (χ4v) is 4.03. The molecular formula is C26H19N5O3. The van der Waals surface area contributed by atoms with Crippen LogP contribution < -0.4 is 0 Å². The van der Waals surface area contributed by atoms with Crippen LogP contribution in [0.5, 0.6) is 0 Å². The number of carbonyl (C=O) groups is 2. The van der Waals surface area contributed by atoms with Crippen molar-refractivity contribution in [2.75, 3.05) is 6.54 Å². The number of oxazole rings is 1. The summed E-state index contributed by atoms with van der Waals surface area (Å²) < 4.78 is 7.91. The zero-order chi connectivity index (χ0) is 23.8. The maximum absolute atomic E-state index is 13.1. The summed E-state index contributed by atoms with van der Waals surface area (Å²) in [6.45, 7) is 3.49. The van der Waals surface area contributed by atoms with Crippen molar-refractivity contribution >= 4 is 29.1 Å². The smallest absolute Gasteiger partial charge is 0.271 e. The van der Waals surface area contributed by atoms with Gasteiger partial charge in [0.05, 0.1) is 11.3 Å². The number of nitrogens with zero attached hydrogens (tertiary/aromatic N) is 5. The average Bonchev–Trinajstić information content (AvgIpc) is 3.41. The number of imide groups is 1. The van der Waals surface area contributed by atoms with Crippen LogP contribution in [0.25, 0.3) is 34.4 Å². The van der Waals surface area contributed by atoms with Crippen molar-refractivity contribution in [1.29, 1.82) is 5.26 Å². The van der Waals surface area contributed by atoms with E-state index in [9.17, 15) is 14.9 Å². The van der Waals surface area contributed by atoms with Crippen molar-refractivity contribution in [3.63, 3.8) is 0 Å². The molecule has 8 nitrogen and oxygen atoms in total. The Morgan fingerprint density at radius 3 is 2.59 bits per heavy atom. The molecule has 0 N–H and O–H groups in total. The number of pyridine rings is 1. The molecule has 1 aromatic carbocycles. The maximum atomic E-state index is 13.1. The third kappa shape index (κ3) is 3.31. The van der Waals surface area contributed by atoms with Gasteiger partial charge in [0, 0.05) is 36.3 Å². The van der Waals surface area contributed by atoms with E-state index in [1.807, 2.05) is 53.1 Å². The van der Waals surface area contributed by atoms with E-state index in [1.165, 1.54) is 0 Å². The topological polar surface area (TPSA) is 105 Å². The first kappa shape index (κ1) is 21.1. The number of fused-ring (bicyclic) bond motifs is 1. The number of aromatic nitrogens is 3. The number of amides is 2. The standard InChI is InChI=1S/C26H19N5O3/c1-3-30-25(32)20(16(2)21(14-27)26(30)33)12-19-13-22-23(31(19)18-9-5-4-6-10-18)29-24(34-22)17-8-7-11-28-15-17/h4-13,15H,3H2,1-2H3/b20-12-. The van der Waals surface area contributed by atoms with Gasteiger partial charge in [0.1, 0.15) is 11.6 Å². The summed E-state index contributed by atoms with van der Waals surface area (Å²) in [4.78, 5) is 35.6. The molecule has 0 spiro atoms. The first-order chi connectivity index (χ1) is 16.5. The molecule has 5 rings (SSSR count). The first-order valence-corrected chi connectivity index (χ1v) is 10.7. The third-order valence-corrected chi connectivity index (χ3v) is 5.74. The lowest BCUT2D eigenvalue weighted by Crippen LogP contribution is -2.42. The van der Waals surface area contributed by atoms with E-state index in [4.69, 9.17) is 9.40 Å². The van der Waals surface area contributed by atoms with Gasteiger partial charge in [0.2, 0.25) is 5.89 Å². The number of hydrogen-bond acceptors (Lipinski definition) is 6. The Kier molecular flexibility index (Phi) is 5.15. The molecule has 0 saturated carbocycles. The van der Waals surface area contributed by atoms with Crippen LogP contribution in [-0.4, -0.2) is 37.8 Å². The van der Waals surface area contributed by atoms with Crippen molar-refractivity contribution in [1.82, 2.24) is 19.4 Å². The van der Waals surface area contributed by atoms with E-state index >= 15 is 0 Å². The second kappa shape index (κ2) is 8.30. The number of hydrogen-bond donors (Lipinski definition) is 0. The molecule has 0 atom stereocenters. The van der Waals surface area contributed by atoms with Crippen molar-refractivity contribution in [3.05, 3.63) is 83.3 Å². The lowest BCUT2D eigenvalue weighted by molar-refractivity contribution is -0.140. The van der Waals surface area contributed by atoms with Crippen molar-refractivity contribution < 1.29 is 14.0 Å². The van der Waals surface area contributed by atoms with Crippen LogP contribution in [0.1, 0.15) is 19.5 Å². The number of benzene rings is 1. The van der Waals surface area contributed by atoms with Crippen molar-refractivity contribution in [2.24, 2.45) is 0 Å². The molecule has 0 bridgehead atoms. The monoisotopic (exact) mass is 449 g/mol. The van der Waals surface area contributed by atoms with Crippen LogP contribution >= 0.6 is 0 Å². The van der Waals surface area contributed by atoms with Crippen LogP contribution in [0.15, 0.2) is 82.1 Å². The predicted octanol–water partition coefficient (Wildman–Crippen LogP) is 4.29. The fraction of sp³-hybridized carbons (Fsp3) is 0.115. The third-order valence-electron chi connectivity index (χ3n) is 5.74. The predicted molar refractivity (Wildman–Crippen MR) is 125 cm³/mol. The van der Waals surface area contributed by atoms with Gasteiger partial charge in [0.15, 0.2) is 11.2 Å². The van der Waals surface area contributed by atoms with Gasteiger partial charge in [-0.1, -0.05) is 18.2 Å². The molecule has 8 heteroatoms. The molecule has 3 aromatic heterocycles. The van der Waals surface area contributed by atoms with E-state index in [0.717, 1.165) is 16.2 Å². The van der Waals surface area contributed by atoms with Crippen molar-refractivity contribution in [2.45, 2.75) is 13.8 Å². The molecular weight excluding hydrogens is 430 g/mol. The lowest BCUT2D eigenvalue weighted by atomic mass is 9.94. The summed E-state index contributed by atoms with van der Waals surface area (Å²) >= 11 is 0. The van der Waals surface area contributed by atoms with Gasteiger partial charge in [-0.2, -0.15) is 10.2 Å². The number of nitriles is 1. The first-order valence-electron chi connectivity index (χ1n) is 10.7. The molecule has 4 aromatic rings. The Morgan fingerprint density at radius 2 is 1.91 bits per heavy atom. The minimum atomic E-state index is -0.570. The molecule has 1 aliphatic heterocycles. The van der Waals surface area contributed by atoms with E-state index in [-0.39, 0.29) is 17.7 Å². The minimum absolute atomic E-state index is 0.0359. The fourth-order valence-electron chi connectivity index (χ4n) is 4.03. The summed E-state index contributed by atoms with van der Waals surface area (Å²) in [5.41, 5.74) is 3.90. The highest BCUT2D eigenvalue weighted by Crippen LogP contribution is 2.32. The highest BCUT2D eigenvalue weighted by molar-refractivity contribution is 6.19. The van der Waals surface area contributed by atoms with Crippen molar-refractivity contribution in [3.8, 4) is 23.2 Å². The molecule has 0 unspecified atom stereocenters. The number of para-hydroxylation sites is 1. The summed E-state index contributed by atoms with van der Waals surface area (Å²) in [6, 6.07) is 17.0. The molecule has 34 heavy (non-hydrogen) atoms.